The first kappa shape index (κ1) is 15.5. The highest BCUT2D eigenvalue weighted by molar-refractivity contribution is 6.24. The van der Waals surface area contributed by atoms with Crippen LogP contribution in [0.1, 0.15) is 40.5 Å². The molecule has 2 unspecified atom stereocenters. The van der Waals surface area contributed by atoms with Gasteiger partial charge in [-0.2, -0.15) is 0 Å². The van der Waals surface area contributed by atoms with Crippen LogP contribution >= 0.6 is 0 Å². The minimum atomic E-state index is -1.14. The predicted molar refractivity (Wildman–Crippen MR) is 72.6 cm³/mol. The Morgan fingerprint density at radius 1 is 1.32 bits per heavy atom. The van der Waals surface area contributed by atoms with Gasteiger partial charge >= 0.3 is 0 Å². The van der Waals surface area contributed by atoms with E-state index < -0.39 is 5.41 Å². The monoisotopic (exact) mass is 266 g/mol. The zero-order valence-corrected chi connectivity index (χ0v) is 12.2. The lowest BCUT2D eigenvalue weighted by Gasteiger charge is -2.34. The number of hydrogen-bond acceptors (Lipinski definition) is 4. The Kier molecular flexibility index (Phi) is 4.56. The molecule has 0 fully saturated rings. The molecule has 106 valence electrons. The van der Waals surface area contributed by atoms with E-state index in [1.165, 1.54) is 7.11 Å². The second-order valence-corrected chi connectivity index (χ2v) is 5.14. The highest BCUT2D eigenvalue weighted by Crippen LogP contribution is 2.42. The predicted octanol–water partition coefficient (Wildman–Crippen LogP) is 2.94. The normalized spacial score (nSPS) is 27.9. The van der Waals surface area contributed by atoms with Crippen molar-refractivity contribution in [3.05, 3.63) is 23.2 Å². The van der Waals surface area contributed by atoms with Gasteiger partial charge in [-0.15, -0.1) is 0 Å². The molecular weight excluding hydrogens is 244 g/mol. The van der Waals surface area contributed by atoms with Crippen LogP contribution in [0.3, 0.4) is 0 Å². The lowest BCUT2D eigenvalue weighted by atomic mass is 9.67. The van der Waals surface area contributed by atoms with Gasteiger partial charge in [-0.05, 0) is 25.7 Å². The van der Waals surface area contributed by atoms with E-state index in [9.17, 15) is 14.7 Å². The number of Topliss-reactive ketones (excluding diaryl/α,β-unsaturated/α-hetero) is 2. The molecule has 0 aliphatic heterocycles. The van der Waals surface area contributed by atoms with Crippen LogP contribution in [-0.2, 0) is 14.3 Å². The molecule has 4 nitrogen and oxygen atoms in total. The van der Waals surface area contributed by atoms with Gasteiger partial charge in [0.2, 0.25) is 5.78 Å². The maximum Gasteiger partial charge on any atom is 0.211 e. The second-order valence-electron chi connectivity index (χ2n) is 5.14. The van der Waals surface area contributed by atoms with Gasteiger partial charge < -0.3 is 9.84 Å². The number of rotatable bonds is 4. The van der Waals surface area contributed by atoms with Crippen molar-refractivity contribution in [2.45, 2.75) is 40.5 Å². The molecule has 19 heavy (non-hydrogen) atoms. The van der Waals surface area contributed by atoms with Crippen molar-refractivity contribution in [3.63, 3.8) is 0 Å². The average Bonchev–Trinajstić information content (AvgIpc) is 2.43. The van der Waals surface area contributed by atoms with E-state index in [4.69, 9.17) is 4.74 Å². The topological polar surface area (TPSA) is 63.6 Å². The third kappa shape index (κ3) is 2.20. The molecule has 0 radical (unpaired) electrons. The fraction of sp³-hybridized carbons (Fsp3) is 0.600. The number of ether oxygens (including phenoxy) is 1. The number of ketones is 2. The summed E-state index contributed by atoms with van der Waals surface area (Å²) in [5.74, 6) is -0.428. The van der Waals surface area contributed by atoms with E-state index >= 15 is 0 Å². The highest BCUT2D eigenvalue weighted by Gasteiger charge is 2.49. The largest absolute Gasteiger partial charge is 0.515 e. The first-order valence-electron chi connectivity index (χ1n) is 6.61. The van der Waals surface area contributed by atoms with Crippen LogP contribution < -0.4 is 0 Å². The molecule has 0 aromatic heterocycles. The Morgan fingerprint density at radius 3 is 2.26 bits per heavy atom. The lowest BCUT2D eigenvalue weighted by Crippen LogP contribution is -2.43. The van der Waals surface area contributed by atoms with Gasteiger partial charge in [0.1, 0.15) is 0 Å². The van der Waals surface area contributed by atoms with Crippen molar-refractivity contribution in [1.29, 1.82) is 0 Å². The fourth-order valence-corrected chi connectivity index (χ4v) is 2.36. The molecule has 1 aliphatic carbocycles. The summed E-state index contributed by atoms with van der Waals surface area (Å²) in [5.41, 5.74) is -0.416. The van der Waals surface area contributed by atoms with Crippen LogP contribution in [0.4, 0.5) is 0 Å². The fourth-order valence-electron chi connectivity index (χ4n) is 2.36. The van der Waals surface area contributed by atoms with Crippen molar-refractivity contribution < 1.29 is 19.4 Å². The standard InChI is InChI=1S/C15H22O4/c1-6-9(3)11-10(8-16)13(17)15(4,7-2)14(18)12(11)19-5/h8-9,16H,6-7H2,1-5H3. The molecule has 0 spiro atoms. The van der Waals surface area contributed by atoms with E-state index in [2.05, 4.69) is 0 Å². The van der Waals surface area contributed by atoms with Crippen LogP contribution in [0.2, 0.25) is 0 Å². The second kappa shape index (κ2) is 5.59. The molecule has 1 N–H and O–H groups in total. The van der Waals surface area contributed by atoms with Crippen LogP contribution in [0.15, 0.2) is 23.2 Å². The van der Waals surface area contributed by atoms with Gasteiger partial charge in [0.25, 0.3) is 0 Å². The van der Waals surface area contributed by atoms with E-state index in [0.29, 0.717) is 12.0 Å². The van der Waals surface area contributed by atoms with Gasteiger partial charge in [-0.1, -0.05) is 20.8 Å². The average molecular weight is 266 g/mol. The van der Waals surface area contributed by atoms with Crippen molar-refractivity contribution >= 4 is 11.6 Å². The molecule has 4 heteroatoms. The Morgan fingerprint density at radius 2 is 1.89 bits per heavy atom. The summed E-state index contributed by atoms with van der Waals surface area (Å²) in [6.07, 6.45) is 1.94. The smallest absolute Gasteiger partial charge is 0.211 e. The minimum Gasteiger partial charge on any atom is -0.515 e. The molecule has 0 bridgehead atoms. The van der Waals surface area contributed by atoms with Crippen LogP contribution in [-0.4, -0.2) is 23.8 Å². The first-order valence-corrected chi connectivity index (χ1v) is 6.61. The zero-order chi connectivity index (χ0) is 14.8. The summed E-state index contributed by atoms with van der Waals surface area (Å²) in [6.45, 7) is 7.26. The number of aliphatic hydroxyl groups excluding tert-OH is 1. The van der Waals surface area contributed by atoms with Crippen LogP contribution in [0.5, 0.6) is 0 Å². The summed E-state index contributed by atoms with van der Waals surface area (Å²) < 4.78 is 5.24. The minimum absolute atomic E-state index is 0.0253. The number of hydrogen-bond donors (Lipinski definition) is 1. The van der Waals surface area contributed by atoms with Gasteiger partial charge in [0.05, 0.1) is 24.4 Å². The van der Waals surface area contributed by atoms with Crippen LogP contribution in [0.25, 0.3) is 0 Å². The Balaban J connectivity index is 3.59. The van der Waals surface area contributed by atoms with Gasteiger partial charge in [-0.3, -0.25) is 9.59 Å². The molecule has 2 atom stereocenters. The van der Waals surface area contributed by atoms with Crippen molar-refractivity contribution in [2.75, 3.05) is 7.11 Å². The quantitative estimate of drug-likeness (QED) is 0.483. The molecule has 0 heterocycles. The molecule has 0 saturated carbocycles. The maximum atomic E-state index is 12.5. The van der Waals surface area contributed by atoms with E-state index in [-0.39, 0.29) is 28.8 Å². The molecular formula is C15H22O4. The number of allylic oxidation sites excluding steroid dienone is 3. The van der Waals surface area contributed by atoms with Crippen LogP contribution in [0, 0.1) is 11.3 Å². The number of aliphatic hydroxyl groups is 1. The summed E-state index contributed by atoms with van der Waals surface area (Å²) in [6, 6.07) is 0. The number of carbonyl (C=O) groups excluding carboxylic acids is 2. The summed E-state index contributed by atoms with van der Waals surface area (Å²) >= 11 is 0. The van der Waals surface area contributed by atoms with Gasteiger partial charge in [0, 0.05) is 5.57 Å². The summed E-state index contributed by atoms with van der Waals surface area (Å²) in [4.78, 5) is 25.0. The maximum absolute atomic E-state index is 12.5. The Labute approximate surface area is 114 Å². The van der Waals surface area contributed by atoms with E-state index in [0.717, 1.165) is 12.7 Å². The number of methoxy groups -OCH3 is 1. The van der Waals surface area contributed by atoms with Gasteiger partial charge in [0.15, 0.2) is 11.5 Å². The van der Waals surface area contributed by atoms with E-state index in [1.807, 2.05) is 13.8 Å². The molecule has 1 rings (SSSR count). The Hall–Kier alpha value is -1.58. The van der Waals surface area contributed by atoms with Crippen molar-refractivity contribution in [1.82, 2.24) is 0 Å². The molecule has 0 aromatic rings. The third-order valence-corrected chi connectivity index (χ3v) is 4.13. The van der Waals surface area contributed by atoms with Gasteiger partial charge in [-0.25, -0.2) is 0 Å². The molecule has 0 amide bonds. The first-order chi connectivity index (χ1) is 8.88. The Bertz CT molecular complexity index is 459. The van der Waals surface area contributed by atoms with Crippen molar-refractivity contribution in [2.24, 2.45) is 11.3 Å². The van der Waals surface area contributed by atoms with E-state index in [1.54, 1.807) is 13.8 Å². The number of carbonyl (C=O) groups is 2. The lowest BCUT2D eigenvalue weighted by molar-refractivity contribution is -0.138. The summed E-state index contributed by atoms with van der Waals surface area (Å²) in [7, 11) is 1.43. The SMILES string of the molecule is CCC(C)C1=C(OC)C(=O)C(C)(CC)C(=O)C1=CO. The molecule has 1 aliphatic rings. The van der Waals surface area contributed by atoms with Crippen molar-refractivity contribution in [3.8, 4) is 0 Å². The highest BCUT2D eigenvalue weighted by atomic mass is 16.5. The molecule has 0 aromatic carbocycles. The summed E-state index contributed by atoms with van der Waals surface area (Å²) in [5, 5.41) is 9.42. The zero-order valence-electron chi connectivity index (χ0n) is 12.2. The third-order valence-electron chi connectivity index (χ3n) is 4.13. The molecule has 0 saturated heterocycles.